The molecule has 8 nitrogen and oxygen atoms in total. The molecule has 0 aliphatic rings. The van der Waals surface area contributed by atoms with E-state index >= 15 is 0 Å². The van der Waals surface area contributed by atoms with Gasteiger partial charge in [-0.2, -0.15) is 4.37 Å². The summed E-state index contributed by atoms with van der Waals surface area (Å²) in [5.41, 5.74) is 12.0. The van der Waals surface area contributed by atoms with Crippen LogP contribution in [0.25, 0.3) is 10.8 Å². The first kappa shape index (κ1) is 26.7. The number of amides is 3. The lowest BCUT2D eigenvalue weighted by atomic mass is 10.00. The Morgan fingerprint density at radius 3 is 2.37 bits per heavy atom. The van der Waals surface area contributed by atoms with Gasteiger partial charge in [0, 0.05) is 11.9 Å². The summed E-state index contributed by atoms with van der Waals surface area (Å²) in [7, 11) is 0. The van der Waals surface area contributed by atoms with Crippen LogP contribution in [-0.2, 0) is 4.79 Å². The summed E-state index contributed by atoms with van der Waals surface area (Å²) < 4.78 is 17.9. The van der Waals surface area contributed by atoms with Crippen molar-refractivity contribution >= 4 is 51.4 Å². The lowest BCUT2D eigenvalue weighted by molar-refractivity contribution is -0.122. The van der Waals surface area contributed by atoms with Gasteiger partial charge in [0.2, 0.25) is 5.91 Å². The molecule has 0 spiro atoms. The molecule has 1 unspecified atom stereocenters. The predicted molar refractivity (Wildman–Crippen MR) is 147 cm³/mol. The Morgan fingerprint density at radius 1 is 1.03 bits per heavy atom. The van der Waals surface area contributed by atoms with E-state index in [-0.39, 0.29) is 16.3 Å². The SMILES string of the molecule is CC(C)CCNC(=O)C(c1ccc(F)cc1)N(C(=O)c1snc(C(N)=O)c1N)c1cccc2ccccc12. The highest BCUT2D eigenvalue weighted by Crippen LogP contribution is 2.37. The van der Waals surface area contributed by atoms with Crippen molar-refractivity contribution in [3.8, 4) is 0 Å². The van der Waals surface area contributed by atoms with Crippen LogP contribution in [-0.4, -0.2) is 28.6 Å². The minimum Gasteiger partial charge on any atom is -0.395 e. The normalized spacial score (nSPS) is 11.9. The summed E-state index contributed by atoms with van der Waals surface area (Å²) in [6.07, 6.45) is 0.730. The number of hydrogen-bond donors (Lipinski definition) is 3. The van der Waals surface area contributed by atoms with Gasteiger partial charge in [0.25, 0.3) is 11.8 Å². The summed E-state index contributed by atoms with van der Waals surface area (Å²) in [5, 5.41) is 4.48. The van der Waals surface area contributed by atoms with Crippen molar-refractivity contribution in [3.63, 3.8) is 0 Å². The summed E-state index contributed by atoms with van der Waals surface area (Å²) >= 11 is 0.731. The molecule has 0 bridgehead atoms. The molecule has 196 valence electrons. The lowest BCUT2D eigenvalue weighted by Gasteiger charge is -2.32. The van der Waals surface area contributed by atoms with Gasteiger partial charge >= 0.3 is 0 Å². The molecule has 0 aliphatic heterocycles. The maximum atomic E-state index is 14.2. The number of primary amides is 1. The van der Waals surface area contributed by atoms with Crippen LogP contribution in [0.5, 0.6) is 0 Å². The number of fused-ring (bicyclic) bond motifs is 1. The molecular weight excluding hydrogens is 505 g/mol. The van der Waals surface area contributed by atoms with E-state index in [9.17, 15) is 18.8 Å². The van der Waals surface area contributed by atoms with Crippen LogP contribution in [0.1, 0.15) is 52.0 Å². The number of nitrogens with zero attached hydrogens (tertiary/aromatic N) is 2. The molecule has 0 fully saturated rings. The Balaban J connectivity index is 1.93. The number of rotatable bonds is 9. The van der Waals surface area contributed by atoms with E-state index in [2.05, 4.69) is 9.69 Å². The number of benzene rings is 3. The van der Waals surface area contributed by atoms with Gasteiger partial charge in [-0.1, -0.05) is 62.4 Å². The van der Waals surface area contributed by atoms with Gasteiger partial charge < -0.3 is 16.8 Å². The molecule has 4 aromatic rings. The molecular formula is C28H28FN5O3S. The second-order valence-corrected chi connectivity index (χ2v) is 10.0. The molecule has 0 radical (unpaired) electrons. The van der Waals surface area contributed by atoms with Crippen LogP contribution in [0, 0.1) is 11.7 Å². The smallest absolute Gasteiger partial charge is 0.273 e. The first-order chi connectivity index (χ1) is 18.2. The summed E-state index contributed by atoms with van der Waals surface area (Å²) in [6, 6.07) is 17.1. The Morgan fingerprint density at radius 2 is 1.71 bits per heavy atom. The van der Waals surface area contributed by atoms with Crippen molar-refractivity contribution < 1.29 is 18.8 Å². The molecule has 4 rings (SSSR count). The predicted octanol–water partition coefficient (Wildman–Crippen LogP) is 4.67. The Bertz CT molecular complexity index is 1480. The number of hydrogen-bond acceptors (Lipinski definition) is 6. The van der Waals surface area contributed by atoms with E-state index in [0.29, 0.717) is 29.1 Å². The Hall–Kier alpha value is -4.31. The molecule has 38 heavy (non-hydrogen) atoms. The molecule has 10 heteroatoms. The average molecular weight is 534 g/mol. The van der Waals surface area contributed by atoms with Gasteiger partial charge in [-0.05, 0) is 53.0 Å². The molecule has 1 aromatic heterocycles. The molecule has 0 saturated carbocycles. The largest absolute Gasteiger partial charge is 0.395 e. The zero-order valence-electron chi connectivity index (χ0n) is 21.0. The highest BCUT2D eigenvalue weighted by atomic mass is 32.1. The van der Waals surface area contributed by atoms with Crippen molar-refractivity contribution in [3.05, 3.63) is 88.7 Å². The van der Waals surface area contributed by atoms with Crippen molar-refractivity contribution in [2.75, 3.05) is 17.2 Å². The highest BCUT2D eigenvalue weighted by Gasteiger charge is 2.36. The quantitative estimate of drug-likeness (QED) is 0.288. The van der Waals surface area contributed by atoms with Crippen molar-refractivity contribution in [1.82, 2.24) is 9.69 Å². The van der Waals surface area contributed by atoms with E-state index in [0.717, 1.165) is 23.3 Å². The first-order valence-electron chi connectivity index (χ1n) is 12.1. The summed E-state index contributed by atoms with van der Waals surface area (Å²) in [4.78, 5) is 41.1. The molecule has 1 heterocycles. The highest BCUT2D eigenvalue weighted by molar-refractivity contribution is 7.09. The van der Waals surface area contributed by atoms with Crippen molar-refractivity contribution in [2.45, 2.75) is 26.3 Å². The summed E-state index contributed by atoms with van der Waals surface area (Å²) in [5.74, 6) is -2.09. The minimum atomic E-state index is -1.18. The third kappa shape index (κ3) is 5.50. The molecule has 0 saturated heterocycles. The Labute approximate surface area is 223 Å². The average Bonchev–Trinajstić information content (AvgIpc) is 3.28. The number of nitrogens with one attached hydrogen (secondary N) is 1. The number of nitrogen functional groups attached to an aromatic ring is 1. The maximum absolute atomic E-state index is 14.2. The second kappa shape index (κ2) is 11.4. The Kier molecular flexibility index (Phi) is 8.02. The number of anilines is 2. The molecule has 3 amide bonds. The van der Waals surface area contributed by atoms with Gasteiger partial charge in [-0.3, -0.25) is 19.3 Å². The van der Waals surface area contributed by atoms with Crippen LogP contribution in [0.2, 0.25) is 0 Å². The molecule has 1 atom stereocenters. The van der Waals surface area contributed by atoms with Crippen LogP contribution >= 0.6 is 11.5 Å². The van der Waals surface area contributed by atoms with E-state index in [1.807, 2.05) is 44.2 Å². The van der Waals surface area contributed by atoms with E-state index in [1.165, 1.54) is 29.2 Å². The number of aromatic nitrogens is 1. The monoisotopic (exact) mass is 533 g/mol. The fraction of sp³-hybridized carbons (Fsp3) is 0.214. The van der Waals surface area contributed by atoms with Gasteiger partial charge in [-0.15, -0.1) is 0 Å². The number of carbonyl (C=O) groups is 3. The van der Waals surface area contributed by atoms with E-state index in [4.69, 9.17) is 11.5 Å². The van der Waals surface area contributed by atoms with Crippen molar-refractivity contribution in [2.24, 2.45) is 11.7 Å². The zero-order chi connectivity index (χ0) is 27.4. The molecule has 5 N–H and O–H groups in total. The number of nitrogens with two attached hydrogens (primary N) is 2. The molecule has 0 aliphatic carbocycles. The number of halogens is 1. The van der Waals surface area contributed by atoms with Crippen LogP contribution < -0.4 is 21.7 Å². The van der Waals surface area contributed by atoms with Gasteiger partial charge in [0.15, 0.2) is 5.69 Å². The maximum Gasteiger partial charge on any atom is 0.273 e. The summed E-state index contributed by atoms with van der Waals surface area (Å²) in [6.45, 7) is 4.47. The topological polar surface area (TPSA) is 131 Å². The number of carbonyl (C=O) groups excluding carboxylic acids is 3. The third-order valence-corrected chi connectivity index (χ3v) is 6.96. The zero-order valence-corrected chi connectivity index (χ0v) is 21.8. The first-order valence-corrected chi connectivity index (χ1v) is 12.9. The van der Waals surface area contributed by atoms with E-state index < -0.39 is 29.6 Å². The van der Waals surface area contributed by atoms with Crippen LogP contribution in [0.3, 0.4) is 0 Å². The van der Waals surface area contributed by atoms with Gasteiger partial charge in [-0.25, -0.2) is 4.39 Å². The fourth-order valence-corrected chi connectivity index (χ4v) is 4.91. The van der Waals surface area contributed by atoms with Crippen LogP contribution in [0.4, 0.5) is 15.8 Å². The van der Waals surface area contributed by atoms with Crippen molar-refractivity contribution in [1.29, 1.82) is 0 Å². The molecule has 3 aromatic carbocycles. The van der Waals surface area contributed by atoms with E-state index in [1.54, 1.807) is 12.1 Å². The van der Waals surface area contributed by atoms with Gasteiger partial charge in [0.1, 0.15) is 16.7 Å². The fourth-order valence-electron chi connectivity index (χ4n) is 4.17. The minimum absolute atomic E-state index is 0.0335. The van der Waals surface area contributed by atoms with Crippen LogP contribution in [0.15, 0.2) is 66.7 Å². The lowest BCUT2D eigenvalue weighted by Crippen LogP contribution is -2.44. The van der Waals surface area contributed by atoms with Gasteiger partial charge in [0.05, 0.1) is 11.4 Å². The third-order valence-electron chi connectivity index (χ3n) is 6.11. The standard InChI is InChI=1S/C28H28FN5O3S/c1-16(2)14-15-32-27(36)24(18-10-12-19(29)13-11-18)34(21-9-5-7-17-6-3-4-8-20(17)21)28(37)25-22(30)23(26(31)35)33-38-25/h3-13,16,24H,14-15,30H2,1-2H3,(H2,31,35)(H,32,36). The second-order valence-electron chi connectivity index (χ2n) is 9.24.